The average molecular weight is 355 g/mol. The lowest BCUT2D eigenvalue weighted by Crippen LogP contribution is -2.29. The number of hydrogen-bond acceptors (Lipinski definition) is 4. The van der Waals surface area contributed by atoms with Gasteiger partial charge in [-0.15, -0.1) is 0 Å². The summed E-state index contributed by atoms with van der Waals surface area (Å²) in [5, 5.41) is 0. The van der Waals surface area contributed by atoms with E-state index in [9.17, 15) is 12.8 Å². The zero-order valence-corrected chi connectivity index (χ0v) is 13.0. The minimum atomic E-state index is -3.83. The van der Waals surface area contributed by atoms with Gasteiger partial charge in [-0.05, 0) is 41.4 Å². The Kier molecular flexibility index (Phi) is 5.72. The van der Waals surface area contributed by atoms with Crippen molar-refractivity contribution in [3.63, 3.8) is 0 Å². The number of ether oxygens (including phenoxy) is 1. The van der Waals surface area contributed by atoms with Gasteiger partial charge in [0, 0.05) is 12.6 Å². The molecule has 0 saturated heterocycles. The van der Waals surface area contributed by atoms with Crippen LogP contribution in [0.15, 0.2) is 21.5 Å². The first-order chi connectivity index (χ1) is 8.77. The number of hydrogen-bond donors (Lipinski definition) is 2. The van der Waals surface area contributed by atoms with Gasteiger partial charge < -0.3 is 10.5 Å². The summed E-state index contributed by atoms with van der Waals surface area (Å²) in [5.41, 5.74) is 5.53. The molecule has 5 nitrogen and oxygen atoms in total. The standard InChI is InChI=1S/C11H16BrFN2O3S/c1-7(14)3-4-15-19(16,17)11-6-9(13)8(12)5-10(11)18-2/h5-7,15H,3-4,14H2,1-2H3. The lowest BCUT2D eigenvalue weighted by Gasteiger charge is -2.12. The molecule has 0 heterocycles. The molecule has 0 aliphatic heterocycles. The first kappa shape index (κ1) is 16.4. The van der Waals surface area contributed by atoms with E-state index in [0.29, 0.717) is 6.42 Å². The third-order valence-electron chi connectivity index (χ3n) is 2.39. The van der Waals surface area contributed by atoms with Crippen molar-refractivity contribution in [3.05, 3.63) is 22.4 Å². The van der Waals surface area contributed by atoms with E-state index in [4.69, 9.17) is 10.5 Å². The van der Waals surface area contributed by atoms with Gasteiger partial charge in [0.25, 0.3) is 0 Å². The Hall–Kier alpha value is -0.700. The van der Waals surface area contributed by atoms with Crippen molar-refractivity contribution in [3.8, 4) is 5.75 Å². The second kappa shape index (κ2) is 6.65. The molecule has 108 valence electrons. The maximum atomic E-state index is 13.5. The molecule has 0 radical (unpaired) electrons. The summed E-state index contributed by atoms with van der Waals surface area (Å²) in [7, 11) is -2.51. The van der Waals surface area contributed by atoms with Crippen molar-refractivity contribution in [2.45, 2.75) is 24.3 Å². The summed E-state index contributed by atoms with van der Waals surface area (Å²) in [5.74, 6) is -0.602. The fourth-order valence-corrected chi connectivity index (χ4v) is 2.91. The third kappa shape index (κ3) is 4.41. The maximum absolute atomic E-state index is 13.5. The molecule has 19 heavy (non-hydrogen) atoms. The molecule has 0 aromatic heterocycles. The van der Waals surface area contributed by atoms with E-state index < -0.39 is 15.8 Å². The predicted octanol–water partition coefficient (Wildman–Crippen LogP) is 1.61. The fourth-order valence-electron chi connectivity index (χ4n) is 1.38. The van der Waals surface area contributed by atoms with Crippen LogP contribution in [-0.4, -0.2) is 28.1 Å². The Morgan fingerprint density at radius 1 is 1.53 bits per heavy atom. The lowest BCUT2D eigenvalue weighted by molar-refractivity contribution is 0.400. The van der Waals surface area contributed by atoms with E-state index in [1.807, 2.05) is 0 Å². The summed E-state index contributed by atoms with van der Waals surface area (Å²) in [4.78, 5) is -0.236. The Bertz CT molecular complexity index is 549. The highest BCUT2D eigenvalue weighted by molar-refractivity contribution is 9.10. The number of methoxy groups -OCH3 is 1. The molecule has 0 spiro atoms. The zero-order chi connectivity index (χ0) is 14.6. The summed E-state index contributed by atoms with van der Waals surface area (Å²) in [6, 6.07) is 2.07. The van der Waals surface area contributed by atoms with Crippen molar-refractivity contribution in [2.75, 3.05) is 13.7 Å². The SMILES string of the molecule is COc1cc(Br)c(F)cc1S(=O)(=O)NCCC(C)N. The van der Waals surface area contributed by atoms with E-state index in [1.165, 1.54) is 13.2 Å². The van der Waals surface area contributed by atoms with Crippen LogP contribution in [0.4, 0.5) is 4.39 Å². The minimum absolute atomic E-state index is 0.0709. The molecule has 0 saturated carbocycles. The molecular weight excluding hydrogens is 339 g/mol. The topological polar surface area (TPSA) is 81.4 Å². The Morgan fingerprint density at radius 2 is 2.16 bits per heavy atom. The molecule has 1 rings (SSSR count). The molecule has 0 aliphatic rings. The second-order valence-electron chi connectivity index (χ2n) is 4.08. The second-order valence-corrected chi connectivity index (χ2v) is 6.67. The largest absolute Gasteiger partial charge is 0.495 e. The van der Waals surface area contributed by atoms with Gasteiger partial charge in [0.2, 0.25) is 10.0 Å². The van der Waals surface area contributed by atoms with E-state index in [1.54, 1.807) is 6.92 Å². The number of nitrogens with two attached hydrogens (primary N) is 1. The number of sulfonamides is 1. The molecule has 1 unspecified atom stereocenters. The predicted molar refractivity (Wildman–Crippen MR) is 74.1 cm³/mol. The molecule has 8 heteroatoms. The van der Waals surface area contributed by atoms with Crippen LogP contribution in [0.5, 0.6) is 5.75 Å². The average Bonchev–Trinajstić information content (AvgIpc) is 2.31. The fraction of sp³-hybridized carbons (Fsp3) is 0.455. The van der Waals surface area contributed by atoms with E-state index in [0.717, 1.165) is 6.07 Å². The van der Waals surface area contributed by atoms with Gasteiger partial charge in [0.15, 0.2) is 0 Å². The zero-order valence-electron chi connectivity index (χ0n) is 10.6. The molecule has 1 aromatic carbocycles. The monoisotopic (exact) mass is 354 g/mol. The van der Waals surface area contributed by atoms with Gasteiger partial charge in [-0.3, -0.25) is 0 Å². The highest BCUT2D eigenvalue weighted by atomic mass is 79.9. The van der Waals surface area contributed by atoms with Crippen LogP contribution in [0.3, 0.4) is 0 Å². The number of benzene rings is 1. The van der Waals surface area contributed by atoms with Crippen molar-refractivity contribution in [1.29, 1.82) is 0 Å². The smallest absolute Gasteiger partial charge is 0.244 e. The summed E-state index contributed by atoms with van der Waals surface area (Å²) >= 11 is 2.97. The van der Waals surface area contributed by atoms with Crippen LogP contribution in [0.25, 0.3) is 0 Å². The highest BCUT2D eigenvalue weighted by Gasteiger charge is 2.21. The van der Waals surface area contributed by atoms with Crippen molar-refractivity contribution >= 4 is 26.0 Å². The van der Waals surface area contributed by atoms with Gasteiger partial charge >= 0.3 is 0 Å². The summed E-state index contributed by atoms with van der Waals surface area (Å²) in [6.07, 6.45) is 0.487. The molecule has 0 fully saturated rings. The normalized spacial score (nSPS) is 13.3. The Morgan fingerprint density at radius 3 is 2.68 bits per heavy atom. The van der Waals surface area contributed by atoms with Crippen molar-refractivity contribution < 1.29 is 17.5 Å². The van der Waals surface area contributed by atoms with Crippen LogP contribution in [0.1, 0.15) is 13.3 Å². The van der Waals surface area contributed by atoms with Crippen LogP contribution in [-0.2, 0) is 10.0 Å². The van der Waals surface area contributed by atoms with Gasteiger partial charge in [0.1, 0.15) is 16.5 Å². The maximum Gasteiger partial charge on any atom is 0.244 e. The highest BCUT2D eigenvalue weighted by Crippen LogP contribution is 2.29. The lowest BCUT2D eigenvalue weighted by atomic mass is 10.3. The van der Waals surface area contributed by atoms with Gasteiger partial charge in [-0.2, -0.15) is 0 Å². The molecule has 1 atom stereocenters. The molecule has 1 aromatic rings. The third-order valence-corrected chi connectivity index (χ3v) is 4.48. The van der Waals surface area contributed by atoms with Crippen molar-refractivity contribution in [1.82, 2.24) is 4.72 Å². The van der Waals surface area contributed by atoms with Crippen LogP contribution in [0.2, 0.25) is 0 Å². The molecule has 0 aliphatic carbocycles. The van der Waals surface area contributed by atoms with Gasteiger partial charge in [-0.1, -0.05) is 0 Å². The van der Waals surface area contributed by atoms with Crippen LogP contribution in [0, 0.1) is 5.82 Å². The van der Waals surface area contributed by atoms with Crippen LogP contribution < -0.4 is 15.2 Å². The van der Waals surface area contributed by atoms with E-state index in [-0.39, 0.29) is 27.7 Å². The molecular formula is C11H16BrFN2O3S. The van der Waals surface area contributed by atoms with Crippen molar-refractivity contribution in [2.24, 2.45) is 5.73 Å². The molecule has 0 bridgehead atoms. The Balaban J connectivity index is 3.03. The first-order valence-electron chi connectivity index (χ1n) is 5.56. The minimum Gasteiger partial charge on any atom is -0.495 e. The first-order valence-corrected chi connectivity index (χ1v) is 7.84. The molecule has 0 amide bonds. The van der Waals surface area contributed by atoms with E-state index >= 15 is 0 Å². The van der Waals surface area contributed by atoms with Crippen LogP contribution >= 0.6 is 15.9 Å². The quantitative estimate of drug-likeness (QED) is 0.813. The van der Waals surface area contributed by atoms with E-state index in [2.05, 4.69) is 20.7 Å². The summed E-state index contributed by atoms with van der Waals surface area (Å²) < 4.78 is 45.0. The summed E-state index contributed by atoms with van der Waals surface area (Å²) in [6.45, 7) is 1.95. The van der Waals surface area contributed by atoms with Gasteiger partial charge in [0.05, 0.1) is 11.6 Å². The number of rotatable bonds is 6. The Labute approximate surface area is 120 Å². The van der Waals surface area contributed by atoms with Gasteiger partial charge in [-0.25, -0.2) is 17.5 Å². The molecule has 3 N–H and O–H groups in total. The number of nitrogens with one attached hydrogen (secondary N) is 1. The number of halogens is 2.